The van der Waals surface area contributed by atoms with E-state index in [9.17, 15) is 4.79 Å². The summed E-state index contributed by atoms with van der Waals surface area (Å²) in [6, 6.07) is 14.3. The number of carbonyl (C=O) groups excluding carboxylic acids is 1. The Morgan fingerprint density at radius 1 is 1.00 bits per heavy atom. The van der Waals surface area contributed by atoms with Crippen molar-refractivity contribution >= 4 is 35.8 Å². The molecule has 0 spiro atoms. The molecule has 0 aromatic heterocycles. The van der Waals surface area contributed by atoms with Crippen LogP contribution in [0.1, 0.15) is 32.6 Å². The van der Waals surface area contributed by atoms with Gasteiger partial charge in [-0.15, -0.1) is 24.0 Å². The lowest BCUT2D eigenvalue weighted by atomic mass is 10.0. The van der Waals surface area contributed by atoms with Crippen molar-refractivity contribution in [3.05, 3.63) is 70.3 Å². The summed E-state index contributed by atoms with van der Waals surface area (Å²) in [7, 11) is 3.42. The molecule has 28 heavy (non-hydrogen) atoms. The fourth-order valence-electron chi connectivity index (χ4n) is 3.00. The zero-order chi connectivity index (χ0) is 19.6. The van der Waals surface area contributed by atoms with Crippen LogP contribution in [0.2, 0.25) is 0 Å². The standard InChI is InChI=1S/C22H30N4O.HI/c1-16-8-9-19(17(2)14-16)11-13-26-22(24-4)25-12-10-18-6-5-7-20(15-18)21(27)23-3;/h5-9,14-15H,10-13H2,1-4H3,(H,23,27)(H2,24,25,26);1H. The molecule has 0 aliphatic rings. The van der Waals surface area contributed by atoms with Crippen molar-refractivity contribution in [2.45, 2.75) is 26.7 Å². The van der Waals surface area contributed by atoms with Gasteiger partial charge in [0.15, 0.2) is 5.96 Å². The Morgan fingerprint density at radius 2 is 1.71 bits per heavy atom. The van der Waals surface area contributed by atoms with Crippen LogP contribution in [0, 0.1) is 13.8 Å². The molecule has 0 atom stereocenters. The van der Waals surface area contributed by atoms with Crippen LogP contribution in [-0.4, -0.2) is 39.1 Å². The molecule has 0 aliphatic heterocycles. The first-order valence-electron chi connectivity index (χ1n) is 9.35. The second-order valence-corrected chi connectivity index (χ2v) is 6.64. The van der Waals surface area contributed by atoms with Crippen LogP contribution in [-0.2, 0) is 12.8 Å². The van der Waals surface area contributed by atoms with Gasteiger partial charge in [-0.3, -0.25) is 9.79 Å². The number of nitrogens with zero attached hydrogens (tertiary/aromatic N) is 1. The van der Waals surface area contributed by atoms with Gasteiger partial charge in [0, 0.05) is 32.7 Å². The zero-order valence-corrected chi connectivity index (χ0v) is 19.5. The summed E-state index contributed by atoms with van der Waals surface area (Å²) in [6.45, 7) is 5.85. The van der Waals surface area contributed by atoms with E-state index >= 15 is 0 Å². The van der Waals surface area contributed by atoms with Gasteiger partial charge in [0.1, 0.15) is 0 Å². The molecule has 0 unspecified atom stereocenters. The van der Waals surface area contributed by atoms with E-state index in [1.165, 1.54) is 16.7 Å². The largest absolute Gasteiger partial charge is 0.356 e. The quantitative estimate of drug-likeness (QED) is 0.315. The van der Waals surface area contributed by atoms with Gasteiger partial charge in [-0.1, -0.05) is 35.9 Å². The molecule has 6 heteroatoms. The number of hydrogen-bond donors (Lipinski definition) is 3. The summed E-state index contributed by atoms with van der Waals surface area (Å²) in [4.78, 5) is 16.0. The van der Waals surface area contributed by atoms with E-state index in [-0.39, 0.29) is 29.9 Å². The third-order valence-electron chi connectivity index (χ3n) is 4.53. The van der Waals surface area contributed by atoms with Gasteiger partial charge in [0.25, 0.3) is 5.91 Å². The number of rotatable bonds is 7. The Balaban J connectivity index is 0.00000392. The maximum atomic E-state index is 11.7. The highest BCUT2D eigenvalue weighted by atomic mass is 127. The molecule has 3 N–H and O–H groups in total. The Bertz CT molecular complexity index is 805. The van der Waals surface area contributed by atoms with Crippen LogP contribution < -0.4 is 16.0 Å². The van der Waals surface area contributed by atoms with Crippen molar-refractivity contribution in [1.29, 1.82) is 0 Å². The second-order valence-electron chi connectivity index (χ2n) is 6.64. The van der Waals surface area contributed by atoms with Crippen LogP contribution >= 0.6 is 24.0 Å². The first kappa shape index (κ1) is 23.9. The van der Waals surface area contributed by atoms with Crippen molar-refractivity contribution < 1.29 is 4.79 Å². The molecule has 1 amide bonds. The monoisotopic (exact) mass is 494 g/mol. The summed E-state index contributed by atoms with van der Waals surface area (Å²) in [6.07, 6.45) is 1.78. The number of nitrogens with one attached hydrogen (secondary N) is 3. The molecule has 2 aromatic rings. The summed E-state index contributed by atoms with van der Waals surface area (Å²) in [5.74, 6) is 0.732. The van der Waals surface area contributed by atoms with Crippen LogP contribution in [0.4, 0.5) is 0 Å². The van der Waals surface area contributed by atoms with Gasteiger partial charge < -0.3 is 16.0 Å². The molecule has 0 radical (unpaired) electrons. The van der Waals surface area contributed by atoms with Gasteiger partial charge in [-0.2, -0.15) is 0 Å². The predicted molar refractivity (Wildman–Crippen MR) is 128 cm³/mol. The van der Waals surface area contributed by atoms with Crippen molar-refractivity contribution in [2.24, 2.45) is 4.99 Å². The molecule has 0 fully saturated rings. The fourth-order valence-corrected chi connectivity index (χ4v) is 3.00. The van der Waals surface area contributed by atoms with E-state index in [4.69, 9.17) is 0 Å². The number of carbonyl (C=O) groups is 1. The molecule has 2 rings (SSSR count). The van der Waals surface area contributed by atoms with Gasteiger partial charge >= 0.3 is 0 Å². The van der Waals surface area contributed by atoms with Gasteiger partial charge in [0.05, 0.1) is 0 Å². The molecule has 0 aliphatic carbocycles. The van der Waals surface area contributed by atoms with Crippen molar-refractivity contribution in [2.75, 3.05) is 27.2 Å². The Hall–Kier alpha value is -2.09. The molecule has 0 saturated carbocycles. The maximum absolute atomic E-state index is 11.7. The molecular formula is C22H31IN4O. The van der Waals surface area contributed by atoms with E-state index < -0.39 is 0 Å². The SMILES string of the molecule is CN=C(NCCc1cccc(C(=O)NC)c1)NCCc1ccc(C)cc1C.I. The smallest absolute Gasteiger partial charge is 0.251 e. The number of aliphatic imine (C=N–C) groups is 1. The van der Waals surface area contributed by atoms with Crippen molar-refractivity contribution in [1.82, 2.24) is 16.0 Å². The molecule has 0 bridgehead atoms. The van der Waals surface area contributed by atoms with Crippen molar-refractivity contribution in [3.63, 3.8) is 0 Å². The Labute approximate surface area is 185 Å². The van der Waals surface area contributed by atoms with E-state index in [0.29, 0.717) is 5.56 Å². The lowest BCUT2D eigenvalue weighted by Gasteiger charge is -2.13. The first-order valence-corrected chi connectivity index (χ1v) is 9.35. The third-order valence-corrected chi connectivity index (χ3v) is 4.53. The fraction of sp³-hybridized carbons (Fsp3) is 0.364. The highest BCUT2D eigenvalue weighted by Gasteiger charge is 2.04. The lowest BCUT2D eigenvalue weighted by Crippen LogP contribution is -2.39. The van der Waals surface area contributed by atoms with Gasteiger partial charge in [-0.05, 0) is 55.5 Å². The maximum Gasteiger partial charge on any atom is 0.251 e. The molecule has 5 nitrogen and oxygen atoms in total. The molecule has 2 aromatic carbocycles. The van der Waals surface area contributed by atoms with Crippen molar-refractivity contribution in [3.8, 4) is 0 Å². The summed E-state index contributed by atoms with van der Waals surface area (Å²) in [5, 5.41) is 9.34. The van der Waals surface area contributed by atoms with Crippen LogP contribution in [0.3, 0.4) is 0 Å². The van der Waals surface area contributed by atoms with Gasteiger partial charge in [-0.25, -0.2) is 0 Å². The normalized spacial score (nSPS) is 10.8. The minimum atomic E-state index is -0.0614. The molecule has 0 heterocycles. The number of halogens is 1. The number of benzene rings is 2. The number of guanidine groups is 1. The predicted octanol–water partition coefficient (Wildman–Crippen LogP) is 3.23. The summed E-state index contributed by atoms with van der Waals surface area (Å²) >= 11 is 0. The average molecular weight is 494 g/mol. The van der Waals surface area contributed by atoms with E-state index in [2.05, 4.69) is 53.0 Å². The third kappa shape index (κ3) is 7.50. The minimum Gasteiger partial charge on any atom is -0.356 e. The number of amides is 1. The highest BCUT2D eigenvalue weighted by molar-refractivity contribution is 14.0. The first-order chi connectivity index (χ1) is 13.0. The lowest BCUT2D eigenvalue weighted by molar-refractivity contribution is 0.0963. The second kappa shape index (κ2) is 12.4. The van der Waals surface area contributed by atoms with E-state index in [1.54, 1.807) is 14.1 Å². The number of aryl methyl sites for hydroxylation is 2. The molecular weight excluding hydrogens is 463 g/mol. The zero-order valence-electron chi connectivity index (χ0n) is 17.1. The van der Waals surface area contributed by atoms with Crippen LogP contribution in [0.15, 0.2) is 47.5 Å². The summed E-state index contributed by atoms with van der Waals surface area (Å²) < 4.78 is 0. The Morgan fingerprint density at radius 3 is 2.36 bits per heavy atom. The topological polar surface area (TPSA) is 65.5 Å². The summed E-state index contributed by atoms with van der Waals surface area (Å²) in [5.41, 5.74) is 5.78. The van der Waals surface area contributed by atoms with Gasteiger partial charge in [0.2, 0.25) is 0 Å². The Kier molecular flexibility index (Phi) is 10.6. The van der Waals surface area contributed by atoms with Crippen LogP contribution in [0.5, 0.6) is 0 Å². The van der Waals surface area contributed by atoms with Crippen LogP contribution in [0.25, 0.3) is 0 Å². The number of hydrogen-bond acceptors (Lipinski definition) is 2. The molecule has 152 valence electrons. The highest BCUT2D eigenvalue weighted by Crippen LogP contribution is 2.10. The van der Waals surface area contributed by atoms with E-state index in [0.717, 1.165) is 37.5 Å². The average Bonchev–Trinajstić information content (AvgIpc) is 2.68. The van der Waals surface area contributed by atoms with E-state index in [1.807, 2.05) is 24.3 Å². The minimum absolute atomic E-state index is 0. The molecule has 0 saturated heterocycles.